The van der Waals surface area contributed by atoms with Crippen LogP contribution in [0.15, 0.2) is 23.8 Å². The van der Waals surface area contributed by atoms with Gasteiger partial charge in [-0.15, -0.1) is 0 Å². The summed E-state index contributed by atoms with van der Waals surface area (Å²) in [5.74, 6) is -1.12. The molecule has 2 aliphatic carbocycles. The number of amides is 2. The monoisotopic (exact) mass is 656 g/mol. The Morgan fingerprint density at radius 1 is 1.18 bits per heavy atom. The molecule has 0 saturated heterocycles. The molecular weight excluding hydrogens is 619 g/mol. The number of aliphatic hydroxyl groups excluding tert-OH is 2. The number of carbonyl (C=O) groups is 4. The lowest BCUT2D eigenvalue weighted by atomic mass is 9.86. The lowest BCUT2D eigenvalue weighted by Gasteiger charge is -2.43. The molecule has 0 radical (unpaired) electrons. The fraction of sp³-hybridized carbons (Fsp3) is 0.571. The van der Waals surface area contributed by atoms with Crippen molar-refractivity contribution in [1.29, 1.82) is 0 Å². The largest absolute Gasteiger partial charge is 0.493 e. The quantitative estimate of drug-likeness (QED) is 0.143. The number of carbonyl (C=O) groups excluding carboxylic acids is 4. The van der Waals surface area contributed by atoms with E-state index in [-0.39, 0.29) is 49.1 Å². The average molecular weight is 657 g/mol. The number of hydrogen-bond acceptors (Lipinski definition) is 8. The Balaban J connectivity index is 2.06. The topological polar surface area (TPSA) is 142 Å². The minimum absolute atomic E-state index is 0.0236. The molecule has 0 spiro atoms. The van der Waals surface area contributed by atoms with Crippen molar-refractivity contribution in [3.63, 3.8) is 0 Å². The van der Waals surface area contributed by atoms with Crippen LogP contribution in [0.1, 0.15) is 68.6 Å². The zero-order valence-electron chi connectivity index (χ0n) is 22.4. The van der Waals surface area contributed by atoms with Crippen LogP contribution in [-0.4, -0.2) is 83.5 Å². The summed E-state index contributed by atoms with van der Waals surface area (Å²) in [6.07, 6.45) is 5.18. The normalized spacial score (nSPS) is 21.8. The molecular formula is C28H37IN2O8. The van der Waals surface area contributed by atoms with Gasteiger partial charge in [0.2, 0.25) is 11.7 Å². The van der Waals surface area contributed by atoms with Crippen LogP contribution in [-0.2, 0) is 14.4 Å². The Morgan fingerprint density at radius 3 is 2.46 bits per heavy atom. The number of ketones is 1. The van der Waals surface area contributed by atoms with Crippen LogP contribution >= 0.6 is 22.6 Å². The predicted molar refractivity (Wildman–Crippen MR) is 152 cm³/mol. The van der Waals surface area contributed by atoms with Gasteiger partial charge < -0.3 is 29.9 Å². The number of Topliss-reactive ketones (excluding diaryl/α,β-unsaturated/α-hetero) is 1. The molecule has 11 heteroatoms. The maximum absolute atomic E-state index is 13.5. The molecule has 39 heavy (non-hydrogen) atoms. The molecule has 0 aliphatic heterocycles. The number of halogens is 1. The minimum Gasteiger partial charge on any atom is -0.493 e. The second-order valence-electron chi connectivity index (χ2n) is 9.80. The Morgan fingerprint density at radius 2 is 1.87 bits per heavy atom. The van der Waals surface area contributed by atoms with Crippen LogP contribution in [0.2, 0.25) is 0 Å². The van der Waals surface area contributed by atoms with Crippen molar-refractivity contribution in [3.8, 4) is 11.5 Å². The molecule has 10 nitrogen and oxygen atoms in total. The molecule has 1 fully saturated rings. The maximum atomic E-state index is 13.5. The van der Waals surface area contributed by atoms with Crippen LogP contribution in [0.25, 0.3) is 0 Å². The molecule has 0 aromatic heterocycles. The van der Waals surface area contributed by atoms with Gasteiger partial charge in [-0.3, -0.25) is 19.2 Å². The summed E-state index contributed by atoms with van der Waals surface area (Å²) in [6.45, 7) is 1.41. The van der Waals surface area contributed by atoms with Crippen molar-refractivity contribution in [3.05, 3.63) is 32.9 Å². The van der Waals surface area contributed by atoms with E-state index in [2.05, 4.69) is 5.32 Å². The first-order valence-electron chi connectivity index (χ1n) is 13.4. The number of nitrogens with one attached hydrogen (secondary N) is 1. The number of aldehydes is 1. The van der Waals surface area contributed by atoms with Gasteiger partial charge in [-0.05, 0) is 53.6 Å². The number of hydrogen-bond donors (Lipinski definition) is 3. The molecule has 3 rings (SSSR count). The Kier molecular flexibility index (Phi) is 11.7. The van der Waals surface area contributed by atoms with Gasteiger partial charge in [0.25, 0.3) is 5.91 Å². The summed E-state index contributed by atoms with van der Waals surface area (Å²) >= 11 is 2.00. The summed E-state index contributed by atoms with van der Waals surface area (Å²) in [4.78, 5) is 52.0. The zero-order valence-corrected chi connectivity index (χ0v) is 24.5. The predicted octanol–water partition coefficient (Wildman–Crippen LogP) is 2.56. The van der Waals surface area contributed by atoms with Gasteiger partial charge in [0, 0.05) is 36.6 Å². The molecule has 1 aromatic carbocycles. The molecule has 3 N–H and O–H groups in total. The SMILES string of the molecule is CCC(=O)C(=O)N(C1CCCCCC1)[C@@H]1CC(C(=O)NCCO)=C[C@H](Oc2c(I)cc(C=O)cc2OC)[C@H]1O. The molecule has 1 aromatic rings. The first kappa shape index (κ1) is 31.0. The molecule has 3 atom stereocenters. The Labute approximate surface area is 242 Å². The van der Waals surface area contributed by atoms with Crippen LogP contribution in [0, 0.1) is 3.57 Å². The van der Waals surface area contributed by atoms with Crippen LogP contribution in [0.4, 0.5) is 0 Å². The number of methoxy groups -OCH3 is 1. The number of rotatable bonds is 11. The number of nitrogens with zero attached hydrogens (tertiary/aromatic N) is 1. The van der Waals surface area contributed by atoms with Crippen molar-refractivity contribution >= 4 is 46.5 Å². The van der Waals surface area contributed by atoms with Gasteiger partial charge >= 0.3 is 0 Å². The fourth-order valence-corrected chi connectivity index (χ4v) is 5.98. The maximum Gasteiger partial charge on any atom is 0.290 e. The lowest BCUT2D eigenvalue weighted by molar-refractivity contribution is -0.152. The molecule has 0 unspecified atom stereocenters. The highest BCUT2D eigenvalue weighted by molar-refractivity contribution is 14.1. The van der Waals surface area contributed by atoms with Gasteiger partial charge in [0.05, 0.1) is 23.3 Å². The number of aliphatic hydroxyl groups is 2. The van der Waals surface area contributed by atoms with E-state index in [0.717, 1.165) is 25.7 Å². The molecule has 1 saturated carbocycles. The summed E-state index contributed by atoms with van der Waals surface area (Å²) in [5, 5.41) is 23.5. The summed E-state index contributed by atoms with van der Waals surface area (Å²) in [5.41, 5.74) is 0.658. The second kappa shape index (κ2) is 14.8. The van der Waals surface area contributed by atoms with E-state index < -0.39 is 35.8 Å². The number of benzene rings is 1. The van der Waals surface area contributed by atoms with E-state index in [0.29, 0.717) is 28.3 Å². The lowest BCUT2D eigenvalue weighted by Crippen LogP contribution is -2.59. The van der Waals surface area contributed by atoms with Crippen molar-refractivity contribution in [2.75, 3.05) is 20.3 Å². The van der Waals surface area contributed by atoms with Gasteiger partial charge in [0.1, 0.15) is 18.5 Å². The molecule has 0 heterocycles. The smallest absolute Gasteiger partial charge is 0.290 e. The highest BCUT2D eigenvalue weighted by Gasteiger charge is 2.44. The summed E-state index contributed by atoms with van der Waals surface area (Å²) in [6, 6.07) is 1.98. The van der Waals surface area contributed by atoms with Crippen molar-refractivity contribution in [2.45, 2.75) is 82.6 Å². The summed E-state index contributed by atoms with van der Waals surface area (Å²) < 4.78 is 12.2. The van der Waals surface area contributed by atoms with E-state index in [9.17, 15) is 29.4 Å². The molecule has 0 bridgehead atoms. The van der Waals surface area contributed by atoms with E-state index >= 15 is 0 Å². The van der Waals surface area contributed by atoms with E-state index in [1.165, 1.54) is 24.2 Å². The van der Waals surface area contributed by atoms with Gasteiger partial charge in [-0.2, -0.15) is 0 Å². The van der Waals surface area contributed by atoms with E-state index in [1.807, 2.05) is 22.6 Å². The molecule has 214 valence electrons. The highest BCUT2D eigenvalue weighted by Crippen LogP contribution is 2.38. The third-order valence-electron chi connectivity index (χ3n) is 7.23. The Hall–Kier alpha value is -2.51. The fourth-order valence-electron chi connectivity index (χ4n) is 5.22. The molecule has 2 aliphatic rings. The zero-order chi connectivity index (χ0) is 28.5. The third kappa shape index (κ3) is 7.57. The highest BCUT2D eigenvalue weighted by atomic mass is 127. The first-order chi connectivity index (χ1) is 18.7. The van der Waals surface area contributed by atoms with E-state index in [4.69, 9.17) is 9.47 Å². The Bertz CT molecular complexity index is 1080. The van der Waals surface area contributed by atoms with Gasteiger partial charge in [0.15, 0.2) is 11.5 Å². The van der Waals surface area contributed by atoms with Crippen molar-refractivity contribution in [1.82, 2.24) is 10.2 Å². The number of ether oxygens (including phenoxy) is 2. The minimum atomic E-state index is -1.26. The second-order valence-corrected chi connectivity index (χ2v) is 11.0. The third-order valence-corrected chi connectivity index (χ3v) is 8.03. The van der Waals surface area contributed by atoms with Crippen LogP contribution in [0.5, 0.6) is 11.5 Å². The first-order valence-corrected chi connectivity index (χ1v) is 14.5. The van der Waals surface area contributed by atoms with Crippen LogP contribution < -0.4 is 14.8 Å². The average Bonchev–Trinajstić information content (AvgIpc) is 3.23. The van der Waals surface area contributed by atoms with Crippen molar-refractivity contribution in [2.24, 2.45) is 0 Å². The van der Waals surface area contributed by atoms with Crippen LogP contribution in [0.3, 0.4) is 0 Å². The standard InChI is InChI=1S/C28H37IN2O8/c1-3-22(34)28(37)31(19-8-6-4-5-7-9-19)21-14-18(27(36)30-10-11-32)15-23(25(21)35)39-26-20(29)12-17(16-33)13-24(26)38-2/h12-13,15-16,19,21,23,25,32,35H,3-11,14H2,1-2H3,(H,30,36)/t21-,23+,25+/m1/s1. The van der Waals surface area contributed by atoms with Gasteiger partial charge in [-0.25, -0.2) is 0 Å². The summed E-state index contributed by atoms with van der Waals surface area (Å²) in [7, 11) is 1.43. The van der Waals surface area contributed by atoms with Crippen molar-refractivity contribution < 1.29 is 38.9 Å². The van der Waals surface area contributed by atoms with Gasteiger partial charge in [-0.1, -0.05) is 32.6 Å². The molecule has 2 amide bonds. The van der Waals surface area contributed by atoms with E-state index in [1.54, 1.807) is 13.0 Å².